The Morgan fingerprint density at radius 2 is 1.72 bits per heavy atom. The second kappa shape index (κ2) is 8.40. The van der Waals surface area contributed by atoms with Gasteiger partial charge in [-0.25, -0.2) is 5.43 Å². The summed E-state index contributed by atoms with van der Waals surface area (Å²) in [4.78, 5) is 42.4. The van der Waals surface area contributed by atoms with Crippen molar-refractivity contribution < 1.29 is 18.8 Å². The number of carbonyl (C=O) groups is 3. The lowest BCUT2D eigenvalue weighted by Gasteiger charge is -2.39. The molecule has 0 saturated carbocycles. The first-order valence-corrected chi connectivity index (χ1v) is 11.0. The van der Waals surface area contributed by atoms with E-state index in [1.165, 1.54) is 6.26 Å². The monoisotopic (exact) mass is 437 g/mol. The lowest BCUT2D eigenvalue weighted by molar-refractivity contribution is -0.145. The van der Waals surface area contributed by atoms with E-state index in [4.69, 9.17) is 4.42 Å². The first kappa shape index (κ1) is 20.7. The van der Waals surface area contributed by atoms with Crippen molar-refractivity contribution in [2.45, 2.75) is 19.1 Å². The van der Waals surface area contributed by atoms with Crippen LogP contribution in [0.15, 0.2) is 53.1 Å². The number of anilines is 1. The lowest BCUT2D eigenvalue weighted by Crippen LogP contribution is -2.61. The summed E-state index contributed by atoms with van der Waals surface area (Å²) in [6, 6.07) is 13.1. The first-order chi connectivity index (χ1) is 15.5. The van der Waals surface area contributed by atoms with Crippen LogP contribution in [0.2, 0.25) is 0 Å². The summed E-state index contributed by atoms with van der Waals surface area (Å²) in [7, 11) is 0. The Morgan fingerprint density at radius 3 is 2.41 bits per heavy atom. The molecule has 3 aliphatic heterocycles. The van der Waals surface area contributed by atoms with E-state index in [9.17, 15) is 14.4 Å². The van der Waals surface area contributed by atoms with Gasteiger partial charge in [0, 0.05) is 38.8 Å². The third kappa shape index (κ3) is 3.57. The molecule has 9 nitrogen and oxygen atoms in total. The Hall–Kier alpha value is -3.17. The number of amides is 2. The van der Waals surface area contributed by atoms with Crippen LogP contribution in [0.3, 0.4) is 0 Å². The summed E-state index contributed by atoms with van der Waals surface area (Å²) in [6.07, 6.45) is 1.28. The summed E-state index contributed by atoms with van der Waals surface area (Å²) < 4.78 is 5.19. The average molecular weight is 438 g/mol. The van der Waals surface area contributed by atoms with Gasteiger partial charge in [-0.2, -0.15) is 0 Å². The van der Waals surface area contributed by atoms with Gasteiger partial charge in [0.05, 0.1) is 17.9 Å². The van der Waals surface area contributed by atoms with Gasteiger partial charge in [-0.05, 0) is 31.2 Å². The molecule has 3 fully saturated rings. The zero-order valence-corrected chi connectivity index (χ0v) is 17.9. The average Bonchev–Trinajstić information content (AvgIpc) is 3.48. The van der Waals surface area contributed by atoms with Gasteiger partial charge in [0.1, 0.15) is 12.1 Å². The molecule has 0 spiro atoms. The number of nitrogens with one attached hydrogen (secondary N) is 2. The predicted octanol–water partition coefficient (Wildman–Crippen LogP) is 0.708. The van der Waals surface area contributed by atoms with Gasteiger partial charge in [0.25, 0.3) is 5.91 Å². The number of fused-ring (bicyclic) bond motifs is 1. The Morgan fingerprint density at radius 1 is 1.00 bits per heavy atom. The fourth-order valence-electron chi connectivity index (χ4n) is 4.94. The van der Waals surface area contributed by atoms with E-state index in [-0.39, 0.29) is 35.7 Å². The minimum atomic E-state index is -0.705. The van der Waals surface area contributed by atoms with Gasteiger partial charge in [-0.1, -0.05) is 18.2 Å². The molecule has 1 aromatic heterocycles. The molecule has 2 amide bonds. The van der Waals surface area contributed by atoms with Crippen LogP contribution in [-0.4, -0.2) is 72.3 Å². The van der Waals surface area contributed by atoms with Crippen LogP contribution in [0.25, 0.3) is 0 Å². The van der Waals surface area contributed by atoms with Crippen molar-refractivity contribution in [3.05, 3.63) is 54.5 Å². The van der Waals surface area contributed by atoms with Crippen LogP contribution < -0.4 is 15.8 Å². The zero-order chi connectivity index (χ0) is 22.2. The smallest absolute Gasteiger partial charge is 0.289 e. The minimum Gasteiger partial charge on any atom is -0.459 e. The van der Waals surface area contributed by atoms with Crippen LogP contribution in [0.1, 0.15) is 17.5 Å². The number of ketones is 1. The number of rotatable bonds is 3. The van der Waals surface area contributed by atoms with Gasteiger partial charge in [-0.15, -0.1) is 0 Å². The number of carbonyl (C=O) groups excluding carboxylic acids is 3. The number of para-hydroxylation sites is 1. The minimum absolute atomic E-state index is 0.0220. The molecule has 0 bridgehead atoms. The van der Waals surface area contributed by atoms with E-state index in [1.807, 2.05) is 42.3 Å². The molecular formula is C23H27N5O4. The first-order valence-electron chi connectivity index (χ1n) is 11.0. The second-order valence-corrected chi connectivity index (χ2v) is 8.55. The molecule has 1 aromatic carbocycles. The fraction of sp³-hybridized carbons (Fsp3) is 0.435. The molecule has 3 aliphatic rings. The number of piperidine rings is 1. The number of hydrogen-bond donors (Lipinski definition) is 2. The third-order valence-electron chi connectivity index (χ3n) is 6.65. The molecule has 2 N–H and O–H groups in total. The largest absolute Gasteiger partial charge is 0.459 e. The molecule has 32 heavy (non-hydrogen) atoms. The number of hydrogen-bond acceptors (Lipinski definition) is 7. The molecule has 5 rings (SSSR count). The quantitative estimate of drug-likeness (QED) is 0.683. The number of piperazine rings is 1. The van der Waals surface area contributed by atoms with E-state index in [0.29, 0.717) is 38.5 Å². The van der Waals surface area contributed by atoms with Gasteiger partial charge in [-0.3, -0.25) is 24.7 Å². The van der Waals surface area contributed by atoms with E-state index < -0.39 is 5.92 Å². The Labute approximate surface area is 186 Å². The highest BCUT2D eigenvalue weighted by atomic mass is 16.3. The SMILES string of the molecule is CC1NN(c2ccccc2)C2NCC(C(=O)N3CCN(C(=O)c4ccco4)CC3)C(=O)C12. The van der Waals surface area contributed by atoms with Crippen molar-refractivity contribution in [1.29, 1.82) is 0 Å². The number of nitrogens with zero attached hydrogens (tertiary/aromatic N) is 3. The van der Waals surface area contributed by atoms with E-state index in [2.05, 4.69) is 10.7 Å². The Bertz CT molecular complexity index is 987. The summed E-state index contributed by atoms with van der Waals surface area (Å²) in [5, 5.41) is 5.42. The van der Waals surface area contributed by atoms with Gasteiger partial charge in [0.15, 0.2) is 11.5 Å². The number of furan rings is 1. The van der Waals surface area contributed by atoms with Crippen molar-refractivity contribution in [3.8, 4) is 0 Å². The highest BCUT2D eigenvalue weighted by Crippen LogP contribution is 2.32. The van der Waals surface area contributed by atoms with Crippen LogP contribution >= 0.6 is 0 Å². The predicted molar refractivity (Wildman–Crippen MR) is 116 cm³/mol. The molecule has 0 aliphatic carbocycles. The van der Waals surface area contributed by atoms with Crippen LogP contribution in [0.4, 0.5) is 5.69 Å². The highest BCUT2D eigenvalue weighted by Gasteiger charge is 2.51. The maximum Gasteiger partial charge on any atom is 0.289 e. The normalized spacial score (nSPS) is 28.0. The lowest BCUT2D eigenvalue weighted by atomic mass is 9.82. The number of hydrazine groups is 1. The zero-order valence-electron chi connectivity index (χ0n) is 17.9. The Balaban J connectivity index is 1.23. The molecule has 9 heteroatoms. The van der Waals surface area contributed by atoms with Crippen molar-refractivity contribution in [3.63, 3.8) is 0 Å². The standard InChI is InChI=1S/C23H27N5O4/c1-15-19-20(29)17(14-24-21(19)28(25-15)16-6-3-2-4-7-16)22(30)26-9-11-27(12-10-26)23(31)18-8-5-13-32-18/h2-8,13,15,17,19,21,24-25H,9-12,14H2,1H3. The number of Topliss-reactive ketones (excluding diaryl/α,β-unsaturated/α-hetero) is 1. The summed E-state index contributed by atoms with van der Waals surface area (Å²) in [6.45, 7) is 3.95. The third-order valence-corrected chi connectivity index (χ3v) is 6.65. The van der Waals surface area contributed by atoms with Crippen LogP contribution in [-0.2, 0) is 9.59 Å². The molecule has 4 atom stereocenters. The van der Waals surface area contributed by atoms with E-state index in [1.54, 1.807) is 21.9 Å². The van der Waals surface area contributed by atoms with E-state index in [0.717, 1.165) is 5.69 Å². The molecule has 168 valence electrons. The maximum atomic E-state index is 13.4. The van der Waals surface area contributed by atoms with E-state index >= 15 is 0 Å². The maximum absolute atomic E-state index is 13.4. The Kier molecular flexibility index (Phi) is 5.44. The topological polar surface area (TPSA) is 98.1 Å². The van der Waals surface area contributed by atoms with Crippen LogP contribution in [0, 0.1) is 11.8 Å². The van der Waals surface area contributed by atoms with Gasteiger partial charge >= 0.3 is 0 Å². The summed E-state index contributed by atoms with van der Waals surface area (Å²) in [5.74, 6) is -1.08. The molecule has 3 saturated heterocycles. The number of benzene rings is 1. The highest BCUT2D eigenvalue weighted by molar-refractivity contribution is 6.04. The molecule has 2 aromatic rings. The van der Waals surface area contributed by atoms with Gasteiger partial charge in [0.2, 0.25) is 5.91 Å². The fourth-order valence-corrected chi connectivity index (χ4v) is 4.94. The second-order valence-electron chi connectivity index (χ2n) is 8.55. The summed E-state index contributed by atoms with van der Waals surface area (Å²) >= 11 is 0. The molecule has 4 heterocycles. The molecule has 4 unspecified atom stereocenters. The molecule has 0 radical (unpaired) electrons. The van der Waals surface area contributed by atoms with Gasteiger partial charge < -0.3 is 14.2 Å². The van der Waals surface area contributed by atoms with Crippen molar-refractivity contribution in [2.75, 3.05) is 37.7 Å². The molecular weight excluding hydrogens is 410 g/mol. The van der Waals surface area contributed by atoms with Crippen molar-refractivity contribution in [2.24, 2.45) is 11.8 Å². The van der Waals surface area contributed by atoms with Crippen molar-refractivity contribution in [1.82, 2.24) is 20.5 Å². The summed E-state index contributed by atoms with van der Waals surface area (Å²) in [5.41, 5.74) is 4.37. The van der Waals surface area contributed by atoms with Crippen molar-refractivity contribution >= 4 is 23.3 Å². The van der Waals surface area contributed by atoms with Crippen LogP contribution in [0.5, 0.6) is 0 Å².